The maximum absolute atomic E-state index is 13.7. The predicted molar refractivity (Wildman–Crippen MR) is 111 cm³/mol. The van der Waals surface area contributed by atoms with Gasteiger partial charge < -0.3 is 10.2 Å². The van der Waals surface area contributed by atoms with Crippen LogP contribution in [0.15, 0.2) is 0 Å². The van der Waals surface area contributed by atoms with E-state index in [4.69, 9.17) is 10.2 Å². The molecule has 4 rings (SSSR count). The number of phenolic OH excluding ortho intramolecular Hbond substituents is 2. The summed E-state index contributed by atoms with van der Waals surface area (Å²) >= 11 is 0. The first-order chi connectivity index (χ1) is 20.2. The zero-order chi connectivity index (χ0) is 33.9. The molecule has 0 aliphatic carbocycles. The second-order valence-electron chi connectivity index (χ2n) is 8.16. The fourth-order valence-electron chi connectivity index (χ4n) is 3.46. The van der Waals surface area contributed by atoms with Crippen LogP contribution >= 0.6 is 0 Å². The standard InChI is InChI=1S/C13H3F9.C12H2F8O2/c1-2-5(14)7(16)3(8(17)6(2)15)4-9(18)11(20)13(22)12(21)10(4)19;13-3-1(4(14)8(18)11(21)7(3)17)2-5(15)9(19)12(22)10(20)6(2)16/h1H3;21-22H. The van der Waals surface area contributed by atoms with Crippen molar-refractivity contribution in [1.82, 2.24) is 0 Å². The van der Waals surface area contributed by atoms with Crippen LogP contribution < -0.4 is 0 Å². The summed E-state index contributed by atoms with van der Waals surface area (Å²) in [7, 11) is 0. The number of aromatic hydroxyl groups is 2. The van der Waals surface area contributed by atoms with Gasteiger partial charge in [0.1, 0.15) is 0 Å². The Morgan fingerprint density at radius 2 is 0.409 bits per heavy atom. The van der Waals surface area contributed by atoms with E-state index in [0.717, 1.165) is 0 Å². The van der Waals surface area contributed by atoms with Crippen molar-refractivity contribution >= 4 is 0 Å². The average Bonchev–Trinajstić information content (AvgIpc) is 3.00. The summed E-state index contributed by atoms with van der Waals surface area (Å²) in [6, 6.07) is 0. The normalized spacial score (nSPS) is 11.1. The van der Waals surface area contributed by atoms with Crippen LogP contribution in [0.2, 0.25) is 0 Å². The van der Waals surface area contributed by atoms with E-state index < -0.39 is 138 Å². The molecule has 2 N–H and O–H groups in total. The molecule has 4 aromatic rings. The first kappa shape index (κ1) is 33.8. The van der Waals surface area contributed by atoms with Crippen molar-refractivity contribution < 1.29 is 84.9 Å². The smallest absolute Gasteiger partial charge is 0.204 e. The Balaban J connectivity index is 0.000000240. The lowest BCUT2D eigenvalue weighted by atomic mass is 9.99. The number of rotatable bonds is 2. The van der Waals surface area contributed by atoms with Gasteiger partial charge in [0.25, 0.3) is 0 Å². The van der Waals surface area contributed by atoms with E-state index in [2.05, 4.69) is 0 Å². The van der Waals surface area contributed by atoms with Gasteiger partial charge in [-0.25, -0.2) is 57.1 Å². The molecule has 0 atom stereocenters. The molecule has 0 fully saturated rings. The van der Waals surface area contributed by atoms with Crippen LogP contribution in [0.3, 0.4) is 0 Å². The highest BCUT2D eigenvalue weighted by molar-refractivity contribution is 5.69. The second-order valence-corrected chi connectivity index (χ2v) is 8.16. The van der Waals surface area contributed by atoms with Crippen LogP contribution in [0.25, 0.3) is 22.3 Å². The van der Waals surface area contributed by atoms with E-state index in [1.54, 1.807) is 0 Å². The van der Waals surface area contributed by atoms with Crippen molar-refractivity contribution in [2.45, 2.75) is 6.92 Å². The minimum Gasteiger partial charge on any atom is -0.503 e. The van der Waals surface area contributed by atoms with Gasteiger partial charge in [-0.1, -0.05) is 0 Å². The molecule has 44 heavy (non-hydrogen) atoms. The van der Waals surface area contributed by atoms with E-state index in [1.165, 1.54) is 0 Å². The Labute approximate surface area is 230 Å². The molecule has 4 aromatic carbocycles. The van der Waals surface area contributed by atoms with Gasteiger partial charge in [-0.2, -0.15) is 17.6 Å². The molecular formula is C25H5F17O2. The maximum Gasteiger partial charge on any atom is 0.204 e. The molecule has 0 heterocycles. The molecule has 0 aliphatic rings. The number of phenols is 2. The lowest BCUT2D eigenvalue weighted by Crippen LogP contribution is -2.09. The quantitative estimate of drug-likeness (QED) is 0.128. The van der Waals surface area contributed by atoms with Crippen molar-refractivity contribution in [3.8, 4) is 33.8 Å². The van der Waals surface area contributed by atoms with Crippen LogP contribution in [0, 0.1) is 106 Å². The first-order valence-electron chi connectivity index (χ1n) is 10.7. The molecule has 0 radical (unpaired) electrons. The van der Waals surface area contributed by atoms with E-state index in [0.29, 0.717) is 6.92 Å². The third kappa shape index (κ3) is 4.98. The molecule has 0 bridgehead atoms. The predicted octanol–water partition coefficient (Wildman–Crippen LogP) is 8.79. The lowest BCUT2D eigenvalue weighted by Gasteiger charge is -2.12. The summed E-state index contributed by atoms with van der Waals surface area (Å²) in [5.74, 6) is -45.3. The summed E-state index contributed by atoms with van der Waals surface area (Å²) in [6.45, 7) is 0.624. The summed E-state index contributed by atoms with van der Waals surface area (Å²) < 4.78 is 227. The minimum atomic E-state index is -2.59. The molecule has 0 spiro atoms. The molecule has 236 valence electrons. The second kappa shape index (κ2) is 11.8. The zero-order valence-electron chi connectivity index (χ0n) is 20.3. The van der Waals surface area contributed by atoms with Crippen LogP contribution in [0.5, 0.6) is 11.5 Å². The van der Waals surface area contributed by atoms with Gasteiger partial charge in [0.05, 0.1) is 22.3 Å². The Kier molecular flexibility index (Phi) is 9.03. The van der Waals surface area contributed by atoms with E-state index in [9.17, 15) is 74.6 Å². The highest BCUT2D eigenvalue weighted by Gasteiger charge is 2.35. The molecule has 0 saturated carbocycles. The van der Waals surface area contributed by atoms with E-state index in [-0.39, 0.29) is 0 Å². The number of benzene rings is 4. The third-order valence-electron chi connectivity index (χ3n) is 5.67. The highest BCUT2D eigenvalue weighted by atomic mass is 19.2. The summed E-state index contributed by atoms with van der Waals surface area (Å²) in [4.78, 5) is 0. The van der Waals surface area contributed by atoms with Crippen molar-refractivity contribution in [3.63, 3.8) is 0 Å². The lowest BCUT2D eigenvalue weighted by molar-refractivity contribution is 0.351. The van der Waals surface area contributed by atoms with Crippen LogP contribution in [0.4, 0.5) is 74.6 Å². The molecule has 0 aliphatic heterocycles. The Morgan fingerprint density at radius 1 is 0.250 bits per heavy atom. The first-order valence-corrected chi connectivity index (χ1v) is 10.7. The molecule has 2 nitrogen and oxygen atoms in total. The molecule has 19 heteroatoms. The number of hydrogen-bond acceptors (Lipinski definition) is 2. The van der Waals surface area contributed by atoms with Crippen LogP contribution in [-0.4, -0.2) is 10.2 Å². The molecule has 0 unspecified atom stereocenters. The Morgan fingerprint density at radius 3 is 0.636 bits per heavy atom. The number of hydrogen-bond donors (Lipinski definition) is 2. The average molecular weight is 660 g/mol. The van der Waals surface area contributed by atoms with Gasteiger partial charge in [-0.05, 0) is 6.92 Å². The maximum atomic E-state index is 13.7. The summed E-state index contributed by atoms with van der Waals surface area (Å²) in [6.07, 6.45) is 0. The summed E-state index contributed by atoms with van der Waals surface area (Å²) in [5.41, 5.74) is -9.51. The van der Waals surface area contributed by atoms with Crippen molar-refractivity contribution in [2.75, 3.05) is 0 Å². The zero-order valence-corrected chi connectivity index (χ0v) is 20.3. The topological polar surface area (TPSA) is 40.5 Å². The highest BCUT2D eigenvalue weighted by Crippen LogP contribution is 2.41. The fraction of sp³-hybridized carbons (Fsp3) is 0.0400. The Hall–Kier alpha value is -4.71. The van der Waals surface area contributed by atoms with Crippen molar-refractivity contribution in [2.24, 2.45) is 0 Å². The van der Waals surface area contributed by atoms with Crippen molar-refractivity contribution in [1.29, 1.82) is 0 Å². The van der Waals surface area contributed by atoms with E-state index in [1.807, 2.05) is 0 Å². The van der Waals surface area contributed by atoms with Crippen LogP contribution in [-0.2, 0) is 0 Å². The minimum absolute atomic E-state index is 0.624. The largest absolute Gasteiger partial charge is 0.503 e. The molecule has 0 amide bonds. The van der Waals surface area contributed by atoms with Gasteiger partial charge in [0, 0.05) is 5.56 Å². The van der Waals surface area contributed by atoms with E-state index >= 15 is 0 Å². The summed E-state index contributed by atoms with van der Waals surface area (Å²) in [5, 5.41) is 17.5. The van der Waals surface area contributed by atoms with Crippen LogP contribution in [0.1, 0.15) is 5.56 Å². The third-order valence-corrected chi connectivity index (χ3v) is 5.67. The van der Waals surface area contributed by atoms with Gasteiger partial charge in [0.15, 0.2) is 81.3 Å². The monoisotopic (exact) mass is 660 g/mol. The SMILES string of the molecule is Cc1c(F)c(F)c(-c2c(F)c(F)c(F)c(F)c2F)c(F)c1F.Oc1c(F)c(F)c(-c2c(F)c(F)c(O)c(F)c2F)c(F)c1F. The van der Waals surface area contributed by atoms with Gasteiger partial charge >= 0.3 is 0 Å². The Bertz CT molecular complexity index is 1480. The van der Waals surface area contributed by atoms with Crippen molar-refractivity contribution in [3.05, 3.63) is 104 Å². The van der Waals surface area contributed by atoms with Gasteiger partial charge in [-0.15, -0.1) is 0 Å². The van der Waals surface area contributed by atoms with Gasteiger partial charge in [0.2, 0.25) is 29.1 Å². The van der Waals surface area contributed by atoms with Gasteiger partial charge in [-0.3, -0.25) is 0 Å². The molecular weight excluding hydrogens is 655 g/mol. The fourth-order valence-corrected chi connectivity index (χ4v) is 3.46. The molecule has 0 aromatic heterocycles. The molecule has 0 saturated heterocycles. The number of halogens is 17.